The Hall–Kier alpha value is -1.78. The van der Waals surface area contributed by atoms with Gasteiger partial charge >= 0.3 is 0 Å². The van der Waals surface area contributed by atoms with Gasteiger partial charge < -0.3 is 16.4 Å². The van der Waals surface area contributed by atoms with Crippen molar-refractivity contribution in [1.82, 2.24) is 0 Å². The van der Waals surface area contributed by atoms with Gasteiger partial charge in [-0.2, -0.15) is 0 Å². The van der Waals surface area contributed by atoms with Crippen molar-refractivity contribution in [1.29, 1.82) is 0 Å². The maximum absolute atomic E-state index is 13.8. The van der Waals surface area contributed by atoms with E-state index < -0.39 is 11.7 Å². The van der Waals surface area contributed by atoms with E-state index in [4.69, 9.17) is 11.5 Å². The van der Waals surface area contributed by atoms with E-state index in [-0.39, 0.29) is 17.3 Å². The van der Waals surface area contributed by atoms with Gasteiger partial charge in [0, 0.05) is 18.3 Å². The number of carbonyl (C=O) groups is 1. The van der Waals surface area contributed by atoms with E-state index in [0.29, 0.717) is 12.2 Å². The van der Waals surface area contributed by atoms with E-state index in [1.807, 2.05) is 25.7 Å². The van der Waals surface area contributed by atoms with Crippen LogP contribution in [0, 0.1) is 5.82 Å². The number of hydrogen-bond donors (Lipinski definition) is 2. The van der Waals surface area contributed by atoms with Crippen molar-refractivity contribution in [2.45, 2.75) is 26.8 Å². The van der Waals surface area contributed by atoms with Gasteiger partial charge in [-0.05, 0) is 32.9 Å². The highest BCUT2D eigenvalue weighted by Gasteiger charge is 2.17. The van der Waals surface area contributed by atoms with E-state index in [0.717, 1.165) is 6.07 Å². The molecule has 0 aromatic heterocycles. The second-order valence-corrected chi connectivity index (χ2v) is 4.13. The van der Waals surface area contributed by atoms with Gasteiger partial charge in [0.25, 0.3) is 5.91 Å². The fourth-order valence-corrected chi connectivity index (χ4v) is 1.82. The van der Waals surface area contributed by atoms with Gasteiger partial charge in [-0.3, -0.25) is 4.79 Å². The first-order valence-corrected chi connectivity index (χ1v) is 5.53. The number of nitrogens with zero attached hydrogens (tertiary/aromatic N) is 1. The highest BCUT2D eigenvalue weighted by molar-refractivity contribution is 5.99. The van der Waals surface area contributed by atoms with Gasteiger partial charge in [-0.15, -0.1) is 0 Å². The number of hydrogen-bond acceptors (Lipinski definition) is 3. The van der Waals surface area contributed by atoms with Crippen LogP contribution in [-0.2, 0) is 0 Å². The number of rotatable bonds is 4. The third-order valence-corrected chi connectivity index (χ3v) is 2.66. The second-order valence-electron chi connectivity index (χ2n) is 4.13. The Balaban J connectivity index is 3.33. The fourth-order valence-electron chi connectivity index (χ4n) is 1.82. The molecule has 0 aliphatic rings. The molecule has 1 rings (SSSR count). The van der Waals surface area contributed by atoms with Crippen molar-refractivity contribution in [3.05, 3.63) is 23.5 Å². The SMILES string of the molecule is CCN(c1cc(C(N)=O)c(N)cc1F)C(C)C. The zero-order valence-corrected chi connectivity index (χ0v) is 10.3. The monoisotopic (exact) mass is 239 g/mol. The molecule has 0 heterocycles. The van der Waals surface area contributed by atoms with Gasteiger partial charge in [0.1, 0.15) is 5.82 Å². The van der Waals surface area contributed by atoms with Gasteiger partial charge in [0.15, 0.2) is 0 Å². The van der Waals surface area contributed by atoms with Crippen molar-refractivity contribution in [3.8, 4) is 0 Å². The third-order valence-electron chi connectivity index (χ3n) is 2.66. The van der Waals surface area contributed by atoms with Crippen LogP contribution in [0.1, 0.15) is 31.1 Å². The molecular formula is C12H18FN3O. The van der Waals surface area contributed by atoms with Crippen molar-refractivity contribution >= 4 is 17.3 Å². The second kappa shape index (κ2) is 5.03. The first kappa shape index (κ1) is 13.3. The van der Waals surface area contributed by atoms with Gasteiger partial charge in [-0.25, -0.2) is 4.39 Å². The van der Waals surface area contributed by atoms with Crippen LogP contribution in [0.4, 0.5) is 15.8 Å². The summed E-state index contributed by atoms with van der Waals surface area (Å²) >= 11 is 0. The number of carbonyl (C=O) groups excluding carboxylic acids is 1. The topological polar surface area (TPSA) is 72.3 Å². The van der Waals surface area contributed by atoms with E-state index in [1.165, 1.54) is 6.07 Å². The summed E-state index contributed by atoms with van der Waals surface area (Å²) in [5.41, 5.74) is 11.3. The Morgan fingerprint density at radius 1 is 1.47 bits per heavy atom. The van der Waals surface area contributed by atoms with Crippen molar-refractivity contribution in [2.24, 2.45) is 5.73 Å². The molecule has 1 aromatic rings. The largest absolute Gasteiger partial charge is 0.398 e. The predicted molar refractivity (Wildman–Crippen MR) is 67.5 cm³/mol. The summed E-state index contributed by atoms with van der Waals surface area (Å²) < 4.78 is 13.8. The number of benzene rings is 1. The summed E-state index contributed by atoms with van der Waals surface area (Å²) in [5, 5.41) is 0. The van der Waals surface area contributed by atoms with E-state index in [9.17, 15) is 9.18 Å². The maximum Gasteiger partial charge on any atom is 0.250 e. The average molecular weight is 239 g/mol. The molecule has 4 N–H and O–H groups in total. The summed E-state index contributed by atoms with van der Waals surface area (Å²) in [6.07, 6.45) is 0. The molecule has 94 valence electrons. The number of primary amides is 1. The van der Waals surface area contributed by atoms with E-state index in [1.54, 1.807) is 0 Å². The summed E-state index contributed by atoms with van der Waals surface area (Å²) in [6, 6.07) is 2.68. The first-order chi connectivity index (χ1) is 7.88. The molecular weight excluding hydrogens is 221 g/mol. The number of nitrogen functional groups attached to an aromatic ring is 1. The number of amides is 1. The number of nitrogens with two attached hydrogens (primary N) is 2. The van der Waals surface area contributed by atoms with Crippen LogP contribution in [-0.4, -0.2) is 18.5 Å². The molecule has 0 saturated carbocycles. The highest BCUT2D eigenvalue weighted by atomic mass is 19.1. The van der Waals surface area contributed by atoms with Crippen LogP contribution >= 0.6 is 0 Å². The van der Waals surface area contributed by atoms with Crippen LogP contribution in [0.5, 0.6) is 0 Å². The molecule has 0 radical (unpaired) electrons. The standard InChI is InChI=1S/C12H18FN3O/c1-4-16(7(2)3)11-5-8(12(15)17)10(14)6-9(11)13/h5-7H,4,14H2,1-3H3,(H2,15,17). The molecule has 0 bridgehead atoms. The molecule has 5 heteroatoms. The predicted octanol–water partition coefficient (Wildman–Crippen LogP) is 1.74. The van der Waals surface area contributed by atoms with E-state index >= 15 is 0 Å². The Morgan fingerprint density at radius 3 is 2.47 bits per heavy atom. The molecule has 0 atom stereocenters. The van der Waals surface area contributed by atoms with Gasteiger partial charge in [-0.1, -0.05) is 0 Å². The summed E-state index contributed by atoms with van der Waals surface area (Å²) in [7, 11) is 0. The Bertz CT molecular complexity index is 432. The molecule has 0 saturated heterocycles. The molecule has 17 heavy (non-hydrogen) atoms. The minimum Gasteiger partial charge on any atom is -0.398 e. The maximum atomic E-state index is 13.8. The minimum absolute atomic E-state index is 0.0681. The smallest absolute Gasteiger partial charge is 0.250 e. The van der Waals surface area contributed by atoms with Crippen LogP contribution in [0.3, 0.4) is 0 Å². The van der Waals surface area contributed by atoms with Crippen molar-refractivity contribution < 1.29 is 9.18 Å². The number of halogens is 1. The summed E-state index contributed by atoms with van der Waals surface area (Å²) in [6.45, 7) is 6.45. The van der Waals surface area contributed by atoms with Crippen LogP contribution in [0.2, 0.25) is 0 Å². The fraction of sp³-hybridized carbons (Fsp3) is 0.417. The zero-order valence-electron chi connectivity index (χ0n) is 10.3. The van der Waals surface area contributed by atoms with Crippen molar-refractivity contribution in [3.63, 3.8) is 0 Å². The molecule has 0 spiro atoms. The van der Waals surface area contributed by atoms with Crippen LogP contribution < -0.4 is 16.4 Å². The molecule has 1 aromatic carbocycles. The lowest BCUT2D eigenvalue weighted by Crippen LogP contribution is -2.31. The van der Waals surface area contributed by atoms with Crippen LogP contribution in [0.25, 0.3) is 0 Å². The number of anilines is 2. The summed E-state index contributed by atoms with van der Waals surface area (Å²) in [4.78, 5) is 13.0. The quantitative estimate of drug-likeness (QED) is 0.786. The van der Waals surface area contributed by atoms with Gasteiger partial charge in [0.2, 0.25) is 0 Å². The lowest BCUT2D eigenvalue weighted by molar-refractivity contribution is 0.100. The lowest BCUT2D eigenvalue weighted by Gasteiger charge is -2.28. The van der Waals surface area contributed by atoms with Crippen molar-refractivity contribution in [2.75, 3.05) is 17.2 Å². The molecule has 0 aliphatic heterocycles. The Labute approximate surface area is 100 Å². The summed E-state index contributed by atoms with van der Waals surface area (Å²) in [5.74, 6) is -1.09. The molecule has 0 aliphatic carbocycles. The highest BCUT2D eigenvalue weighted by Crippen LogP contribution is 2.26. The first-order valence-electron chi connectivity index (χ1n) is 5.53. The average Bonchev–Trinajstić information content (AvgIpc) is 2.21. The van der Waals surface area contributed by atoms with Gasteiger partial charge in [0.05, 0.1) is 11.3 Å². The normalized spacial score (nSPS) is 10.6. The molecule has 0 unspecified atom stereocenters. The third kappa shape index (κ3) is 2.67. The minimum atomic E-state index is -0.649. The zero-order chi connectivity index (χ0) is 13.2. The van der Waals surface area contributed by atoms with E-state index in [2.05, 4.69) is 0 Å². The molecule has 4 nitrogen and oxygen atoms in total. The molecule has 1 amide bonds. The van der Waals surface area contributed by atoms with Crippen LogP contribution in [0.15, 0.2) is 12.1 Å². The molecule has 0 fully saturated rings. The Kier molecular flexibility index (Phi) is 3.93. The Morgan fingerprint density at radius 2 is 2.06 bits per heavy atom. The lowest BCUT2D eigenvalue weighted by atomic mass is 10.1.